The van der Waals surface area contributed by atoms with Gasteiger partial charge in [0.25, 0.3) is 5.91 Å². The lowest BCUT2D eigenvalue weighted by Gasteiger charge is -2.03. The number of nitrogens with zero attached hydrogens (tertiary/aromatic N) is 1. The van der Waals surface area contributed by atoms with Crippen molar-refractivity contribution in [3.8, 4) is 0 Å². The number of hydrogen-bond acceptors (Lipinski definition) is 4. The molecule has 2 N–H and O–H groups in total. The van der Waals surface area contributed by atoms with E-state index < -0.39 is 0 Å². The maximum absolute atomic E-state index is 11.7. The summed E-state index contributed by atoms with van der Waals surface area (Å²) in [4.78, 5) is 11.7. The zero-order valence-electron chi connectivity index (χ0n) is 8.73. The summed E-state index contributed by atoms with van der Waals surface area (Å²) < 4.78 is 4.61. The average molecular weight is 217 g/mol. The van der Waals surface area contributed by atoms with Gasteiger partial charge in [0.15, 0.2) is 0 Å². The Bertz CT molecular complexity index is 462. The Morgan fingerprint density at radius 1 is 1.25 bits per heavy atom. The molecule has 5 nitrogen and oxygen atoms in total. The molecule has 2 rings (SSSR count). The highest BCUT2D eigenvalue weighted by Crippen LogP contribution is 2.11. The molecule has 0 atom stereocenters. The molecular weight excluding hydrogens is 206 g/mol. The second-order valence-electron chi connectivity index (χ2n) is 3.19. The molecule has 1 amide bonds. The Hall–Kier alpha value is -2.30. The summed E-state index contributed by atoms with van der Waals surface area (Å²) >= 11 is 0. The van der Waals surface area contributed by atoms with Crippen molar-refractivity contribution in [2.45, 2.75) is 0 Å². The lowest BCUT2D eigenvalue weighted by atomic mass is 10.2. The van der Waals surface area contributed by atoms with Crippen LogP contribution in [-0.4, -0.2) is 18.1 Å². The average Bonchev–Trinajstić information content (AvgIpc) is 2.82. The summed E-state index contributed by atoms with van der Waals surface area (Å²) in [6.07, 6.45) is 2.82. The zero-order chi connectivity index (χ0) is 11.4. The van der Waals surface area contributed by atoms with Crippen molar-refractivity contribution in [2.24, 2.45) is 0 Å². The highest BCUT2D eigenvalue weighted by molar-refractivity contribution is 6.04. The van der Waals surface area contributed by atoms with Gasteiger partial charge in [0.2, 0.25) is 0 Å². The number of nitrogens with one attached hydrogen (secondary N) is 2. The van der Waals surface area contributed by atoms with Crippen LogP contribution >= 0.6 is 0 Å². The number of benzene rings is 1. The Kier molecular flexibility index (Phi) is 2.86. The number of hydrogen-bond donors (Lipinski definition) is 2. The van der Waals surface area contributed by atoms with Gasteiger partial charge in [-0.15, -0.1) is 0 Å². The molecule has 0 saturated heterocycles. The van der Waals surface area contributed by atoms with Gasteiger partial charge in [-0.2, -0.15) is 0 Å². The minimum atomic E-state index is -0.189. The molecule has 0 fully saturated rings. The van der Waals surface area contributed by atoms with Crippen LogP contribution in [0.4, 0.5) is 11.4 Å². The number of anilines is 2. The van der Waals surface area contributed by atoms with Crippen LogP contribution in [0.2, 0.25) is 0 Å². The van der Waals surface area contributed by atoms with E-state index in [2.05, 4.69) is 20.3 Å². The van der Waals surface area contributed by atoms with Gasteiger partial charge in [-0.05, 0) is 24.3 Å². The summed E-state index contributed by atoms with van der Waals surface area (Å²) in [5.74, 6) is -0.189. The third-order valence-corrected chi connectivity index (χ3v) is 2.13. The van der Waals surface area contributed by atoms with Gasteiger partial charge in [-0.25, -0.2) is 0 Å². The van der Waals surface area contributed by atoms with Crippen LogP contribution in [0, 0.1) is 0 Å². The van der Waals surface area contributed by atoms with Gasteiger partial charge in [-0.1, -0.05) is 5.16 Å². The molecule has 5 heteroatoms. The molecule has 0 aliphatic rings. The predicted octanol–water partition coefficient (Wildman–Crippen LogP) is 1.97. The quantitative estimate of drug-likeness (QED) is 0.824. The van der Waals surface area contributed by atoms with Crippen LogP contribution in [0.5, 0.6) is 0 Å². The highest BCUT2D eigenvalue weighted by Gasteiger charge is 2.06. The first-order valence-electron chi connectivity index (χ1n) is 4.78. The lowest BCUT2D eigenvalue weighted by Crippen LogP contribution is -2.11. The Morgan fingerprint density at radius 2 is 2.00 bits per heavy atom. The van der Waals surface area contributed by atoms with Crippen molar-refractivity contribution in [2.75, 3.05) is 17.7 Å². The zero-order valence-corrected chi connectivity index (χ0v) is 8.73. The van der Waals surface area contributed by atoms with Gasteiger partial charge >= 0.3 is 0 Å². The molecule has 0 unspecified atom stereocenters. The van der Waals surface area contributed by atoms with Gasteiger partial charge in [0.1, 0.15) is 12.0 Å². The van der Waals surface area contributed by atoms with Crippen LogP contribution in [0.25, 0.3) is 0 Å². The summed E-state index contributed by atoms with van der Waals surface area (Å²) in [5, 5.41) is 9.14. The molecule has 0 aliphatic heterocycles. The molecule has 16 heavy (non-hydrogen) atoms. The molecule has 0 saturated carbocycles. The van der Waals surface area contributed by atoms with Crippen molar-refractivity contribution in [1.82, 2.24) is 5.16 Å². The topological polar surface area (TPSA) is 67.2 Å². The largest absolute Gasteiger partial charge is 0.388 e. The number of carbonyl (C=O) groups excluding carboxylic acids is 1. The first-order chi connectivity index (χ1) is 7.79. The number of carbonyl (C=O) groups is 1. The van der Waals surface area contributed by atoms with E-state index in [1.807, 2.05) is 19.2 Å². The van der Waals surface area contributed by atoms with Crippen molar-refractivity contribution >= 4 is 17.3 Å². The molecule has 1 aromatic carbocycles. The first-order valence-corrected chi connectivity index (χ1v) is 4.78. The van der Waals surface area contributed by atoms with Crippen molar-refractivity contribution in [1.29, 1.82) is 0 Å². The van der Waals surface area contributed by atoms with E-state index in [-0.39, 0.29) is 5.91 Å². The summed E-state index contributed by atoms with van der Waals surface area (Å²) in [6, 6.07) is 7.16. The van der Waals surface area contributed by atoms with Crippen molar-refractivity contribution in [3.63, 3.8) is 0 Å². The first kappa shape index (κ1) is 10.2. The molecule has 1 heterocycles. The molecule has 0 aliphatic carbocycles. The number of aromatic nitrogens is 1. The molecule has 1 aromatic heterocycles. The maximum Gasteiger partial charge on any atom is 0.255 e. The fourth-order valence-corrected chi connectivity index (χ4v) is 1.26. The second-order valence-corrected chi connectivity index (χ2v) is 3.19. The number of rotatable bonds is 3. The van der Waals surface area contributed by atoms with Crippen LogP contribution in [0.1, 0.15) is 10.4 Å². The highest BCUT2D eigenvalue weighted by atomic mass is 16.5. The maximum atomic E-state index is 11.7. The summed E-state index contributed by atoms with van der Waals surface area (Å²) in [7, 11) is 1.83. The van der Waals surface area contributed by atoms with Crippen molar-refractivity contribution in [3.05, 3.63) is 42.3 Å². The second kappa shape index (κ2) is 4.48. The van der Waals surface area contributed by atoms with Gasteiger partial charge in [0.05, 0.1) is 6.20 Å². The Morgan fingerprint density at radius 3 is 2.56 bits per heavy atom. The minimum absolute atomic E-state index is 0.189. The van der Waals surface area contributed by atoms with Crippen molar-refractivity contribution < 1.29 is 9.32 Å². The smallest absolute Gasteiger partial charge is 0.255 e. The van der Waals surface area contributed by atoms with E-state index in [1.54, 1.807) is 12.1 Å². The molecule has 0 radical (unpaired) electrons. The Labute approximate surface area is 92.4 Å². The normalized spacial score (nSPS) is 9.81. The van der Waals surface area contributed by atoms with Gasteiger partial charge in [-0.3, -0.25) is 4.79 Å². The molecule has 2 aromatic rings. The Balaban J connectivity index is 2.09. The van der Waals surface area contributed by atoms with E-state index in [1.165, 1.54) is 12.5 Å². The van der Waals surface area contributed by atoms with Gasteiger partial charge in [0, 0.05) is 18.3 Å². The predicted molar refractivity (Wildman–Crippen MR) is 60.4 cm³/mol. The van der Waals surface area contributed by atoms with Crippen LogP contribution in [0.15, 0.2) is 41.2 Å². The van der Waals surface area contributed by atoms with E-state index in [9.17, 15) is 4.79 Å². The molecule has 82 valence electrons. The fraction of sp³-hybridized carbons (Fsp3) is 0.0909. The standard InChI is InChI=1S/C11H11N3O2/c1-12-9-4-2-8(3-5-9)11(15)14-10-6-13-16-7-10/h2-7,12H,1H3,(H,14,15). The van der Waals surface area contributed by atoms with Crippen LogP contribution < -0.4 is 10.6 Å². The third-order valence-electron chi connectivity index (χ3n) is 2.13. The van der Waals surface area contributed by atoms with Gasteiger partial charge < -0.3 is 15.2 Å². The monoisotopic (exact) mass is 217 g/mol. The summed E-state index contributed by atoms with van der Waals surface area (Å²) in [6.45, 7) is 0. The fourth-order valence-electron chi connectivity index (χ4n) is 1.26. The molecule has 0 spiro atoms. The molecule has 0 bridgehead atoms. The van der Waals surface area contributed by atoms with E-state index in [0.29, 0.717) is 11.3 Å². The van der Waals surface area contributed by atoms with Crippen LogP contribution in [0.3, 0.4) is 0 Å². The molecular formula is C11H11N3O2. The lowest BCUT2D eigenvalue weighted by molar-refractivity contribution is 0.102. The van der Waals surface area contributed by atoms with Crippen LogP contribution in [-0.2, 0) is 0 Å². The van der Waals surface area contributed by atoms with E-state index in [4.69, 9.17) is 0 Å². The minimum Gasteiger partial charge on any atom is -0.388 e. The SMILES string of the molecule is CNc1ccc(C(=O)Nc2cnoc2)cc1. The van der Waals surface area contributed by atoms with E-state index in [0.717, 1.165) is 5.69 Å². The third kappa shape index (κ3) is 2.20. The van der Waals surface area contributed by atoms with E-state index >= 15 is 0 Å². The number of amides is 1. The summed E-state index contributed by atoms with van der Waals surface area (Å²) in [5.41, 5.74) is 2.09.